The lowest BCUT2D eigenvalue weighted by molar-refractivity contribution is -0.0783. The predicted molar refractivity (Wildman–Crippen MR) is 132 cm³/mol. The molecule has 5 heteroatoms. The Morgan fingerprint density at radius 3 is 2.64 bits per heavy atom. The summed E-state index contributed by atoms with van der Waals surface area (Å²) in [6.07, 6.45) is 2.76. The maximum absolute atomic E-state index is 13.7. The number of ether oxygens (including phenoxy) is 1. The summed E-state index contributed by atoms with van der Waals surface area (Å²) in [5, 5.41) is 10.3. The van der Waals surface area contributed by atoms with Gasteiger partial charge in [0.1, 0.15) is 5.75 Å². The zero-order valence-electron chi connectivity index (χ0n) is 20.4. The van der Waals surface area contributed by atoms with Crippen LogP contribution in [0, 0.1) is 11.8 Å². The Labute approximate surface area is 198 Å². The SMILES string of the molecule is COC1CC(N(CC(C)C)C(=O)c2ccccc2)CC2(c3cccc(O)c3)CCN(C)CC12. The molecule has 2 fully saturated rings. The van der Waals surface area contributed by atoms with Crippen LogP contribution < -0.4 is 0 Å². The Kier molecular flexibility index (Phi) is 7.10. The Bertz CT molecular complexity index is 947. The molecule has 1 heterocycles. The van der Waals surface area contributed by atoms with Crippen LogP contribution in [0.3, 0.4) is 0 Å². The van der Waals surface area contributed by atoms with Crippen molar-refractivity contribution in [3.63, 3.8) is 0 Å². The van der Waals surface area contributed by atoms with Gasteiger partial charge in [0, 0.05) is 43.1 Å². The quantitative estimate of drug-likeness (QED) is 0.701. The fourth-order valence-electron chi connectivity index (χ4n) is 6.17. The number of benzene rings is 2. The van der Waals surface area contributed by atoms with E-state index < -0.39 is 0 Å². The molecule has 0 bridgehead atoms. The second kappa shape index (κ2) is 9.86. The summed E-state index contributed by atoms with van der Waals surface area (Å²) >= 11 is 0. The molecule has 1 saturated carbocycles. The summed E-state index contributed by atoms with van der Waals surface area (Å²) in [4.78, 5) is 18.2. The van der Waals surface area contributed by atoms with Gasteiger partial charge in [-0.1, -0.05) is 44.2 Å². The van der Waals surface area contributed by atoms with Crippen LogP contribution in [0.15, 0.2) is 54.6 Å². The maximum Gasteiger partial charge on any atom is 0.254 e. The first-order chi connectivity index (χ1) is 15.8. The second-order valence-corrected chi connectivity index (χ2v) is 10.4. The molecular formula is C28H38N2O3. The molecule has 0 radical (unpaired) electrons. The molecule has 1 aliphatic carbocycles. The van der Waals surface area contributed by atoms with Gasteiger partial charge in [0.05, 0.1) is 6.10 Å². The van der Waals surface area contributed by atoms with Gasteiger partial charge >= 0.3 is 0 Å². The molecule has 5 nitrogen and oxygen atoms in total. The van der Waals surface area contributed by atoms with Gasteiger partial charge in [0.15, 0.2) is 0 Å². The van der Waals surface area contributed by atoms with Gasteiger partial charge < -0.3 is 19.6 Å². The maximum atomic E-state index is 13.7. The Morgan fingerprint density at radius 1 is 1.21 bits per heavy atom. The minimum absolute atomic E-state index is 0.0482. The van der Waals surface area contributed by atoms with Crippen molar-refractivity contribution in [3.05, 3.63) is 65.7 Å². The first-order valence-corrected chi connectivity index (χ1v) is 12.2. The van der Waals surface area contributed by atoms with Crippen molar-refractivity contribution in [2.24, 2.45) is 11.8 Å². The van der Waals surface area contributed by atoms with E-state index in [4.69, 9.17) is 4.74 Å². The number of carbonyl (C=O) groups is 1. The number of fused-ring (bicyclic) bond motifs is 1. The Hall–Kier alpha value is -2.37. The third-order valence-electron chi connectivity index (χ3n) is 7.72. The molecule has 1 saturated heterocycles. The van der Waals surface area contributed by atoms with Gasteiger partial charge in [0.25, 0.3) is 5.91 Å². The third-order valence-corrected chi connectivity index (χ3v) is 7.72. The van der Waals surface area contributed by atoms with Crippen LogP contribution in [-0.4, -0.2) is 66.8 Å². The molecule has 0 spiro atoms. The summed E-state index contributed by atoms with van der Waals surface area (Å²) in [6.45, 7) is 7.01. The van der Waals surface area contributed by atoms with E-state index in [1.165, 1.54) is 5.56 Å². The van der Waals surface area contributed by atoms with Crippen molar-refractivity contribution < 1.29 is 14.6 Å². The highest BCUT2D eigenvalue weighted by Crippen LogP contribution is 2.51. The molecule has 4 unspecified atom stereocenters. The lowest BCUT2D eigenvalue weighted by Gasteiger charge is -2.56. The zero-order chi connectivity index (χ0) is 23.6. The first kappa shape index (κ1) is 23.8. The van der Waals surface area contributed by atoms with Gasteiger partial charge in [-0.25, -0.2) is 0 Å². The molecule has 4 atom stereocenters. The molecule has 1 aliphatic heterocycles. The molecular weight excluding hydrogens is 412 g/mol. The lowest BCUT2D eigenvalue weighted by atomic mass is 9.56. The van der Waals surface area contributed by atoms with E-state index in [0.717, 1.165) is 44.5 Å². The first-order valence-electron chi connectivity index (χ1n) is 12.2. The van der Waals surface area contributed by atoms with Crippen LogP contribution in [0.1, 0.15) is 49.0 Å². The summed E-state index contributed by atoms with van der Waals surface area (Å²) < 4.78 is 6.13. The van der Waals surface area contributed by atoms with Gasteiger partial charge in [0.2, 0.25) is 0 Å². The average molecular weight is 451 g/mol. The van der Waals surface area contributed by atoms with Crippen LogP contribution in [0.25, 0.3) is 0 Å². The number of aromatic hydroxyl groups is 1. The van der Waals surface area contributed by atoms with E-state index in [1.807, 2.05) is 42.5 Å². The number of phenols is 1. The summed E-state index contributed by atoms with van der Waals surface area (Å²) in [5.41, 5.74) is 1.77. The number of nitrogens with zero attached hydrogens (tertiary/aromatic N) is 2. The number of likely N-dealkylation sites (tertiary alicyclic amines) is 1. The monoisotopic (exact) mass is 450 g/mol. The summed E-state index contributed by atoms with van der Waals surface area (Å²) in [5.74, 6) is 1.08. The Morgan fingerprint density at radius 2 is 1.97 bits per heavy atom. The van der Waals surface area contributed by atoms with Crippen molar-refractivity contribution in [1.82, 2.24) is 9.80 Å². The molecule has 33 heavy (non-hydrogen) atoms. The lowest BCUT2D eigenvalue weighted by Crippen LogP contribution is -2.61. The largest absolute Gasteiger partial charge is 0.508 e. The van der Waals surface area contributed by atoms with Gasteiger partial charge in [-0.3, -0.25) is 4.79 Å². The summed E-state index contributed by atoms with van der Waals surface area (Å²) in [7, 11) is 3.98. The van der Waals surface area contributed by atoms with Crippen molar-refractivity contribution in [1.29, 1.82) is 0 Å². The van der Waals surface area contributed by atoms with Crippen molar-refractivity contribution in [2.75, 3.05) is 33.8 Å². The van der Waals surface area contributed by atoms with Crippen LogP contribution >= 0.6 is 0 Å². The predicted octanol–water partition coefficient (Wildman–Crippen LogP) is 4.56. The zero-order valence-corrected chi connectivity index (χ0v) is 20.4. The molecule has 1 amide bonds. The van der Waals surface area contributed by atoms with Crippen molar-refractivity contribution >= 4 is 5.91 Å². The highest BCUT2D eigenvalue weighted by atomic mass is 16.5. The van der Waals surface area contributed by atoms with Crippen molar-refractivity contribution in [3.8, 4) is 5.75 Å². The topological polar surface area (TPSA) is 53.0 Å². The second-order valence-electron chi connectivity index (χ2n) is 10.4. The standard InChI is InChI=1S/C28H38N2O3/c1-20(2)18-30(27(32)21-9-6-5-7-10-21)23-16-26(33-4)25-19-29(3)14-13-28(25,17-23)22-11-8-12-24(31)15-22/h5-12,15,20,23,25-26,31H,13-14,16-19H2,1-4H3. The molecule has 0 aromatic heterocycles. The van der Waals surface area contributed by atoms with Crippen LogP contribution in [0.5, 0.6) is 5.75 Å². The van der Waals surface area contributed by atoms with Crippen LogP contribution in [0.2, 0.25) is 0 Å². The molecule has 2 aromatic rings. The summed E-state index contributed by atoms with van der Waals surface area (Å²) in [6, 6.07) is 17.5. The van der Waals surface area contributed by atoms with E-state index in [9.17, 15) is 9.90 Å². The molecule has 2 aliphatic rings. The number of phenolic OH excluding ortho intramolecular Hbond substituents is 1. The molecule has 178 valence electrons. The molecule has 4 rings (SSSR count). The number of hydrogen-bond acceptors (Lipinski definition) is 4. The van der Waals surface area contributed by atoms with E-state index in [1.54, 1.807) is 13.2 Å². The van der Waals surface area contributed by atoms with Crippen LogP contribution in [-0.2, 0) is 10.2 Å². The fraction of sp³-hybridized carbons (Fsp3) is 0.536. The van der Waals surface area contributed by atoms with E-state index in [-0.39, 0.29) is 23.5 Å². The fourth-order valence-corrected chi connectivity index (χ4v) is 6.17. The number of piperidine rings is 1. The minimum Gasteiger partial charge on any atom is -0.508 e. The van der Waals surface area contributed by atoms with Gasteiger partial charge in [-0.15, -0.1) is 0 Å². The number of hydrogen-bond donors (Lipinski definition) is 1. The van der Waals surface area contributed by atoms with E-state index in [2.05, 4.69) is 36.8 Å². The normalized spacial score (nSPS) is 27.8. The number of methoxy groups -OCH3 is 1. The third kappa shape index (κ3) is 4.80. The molecule has 1 N–H and O–H groups in total. The number of rotatable bonds is 6. The van der Waals surface area contributed by atoms with Crippen molar-refractivity contribution in [2.45, 2.75) is 50.7 Å². The van der Waals surface area contributed by atoms with E-state index >= 15 is 0 Å². The van der Waals surface area contributed by atoms with Gasteiger partial charge in [-0.2, -0.15) is 0 Å². The highest BCUT2D eigenvalue weighted by molar-refractivity contribution is 5.94. The van der Waals surface area contributed by atoms with Gasteiger partial charge in [-0.05, 0) is 68.6 Å². The number of amides is 1. The van der Waals surface area contributed by atoms with E-state index in [0.29, 0.717) is 17.6 Å². The highest BCUT2D eigenvalue weighted by Gasteiger charge is 2.53. The minimum atomic E-state index is -0.138. The number of carbonyl (C=O) groups excluding carboxylic acids is 1. The average Bonchev–Trinajstić information content (AvgIpc) is 2.82. The Balaban J connectivity index is 1.76. The van der Waals surface area contributed by atoms with Crippen LogP contribution in [0.4, 0.5) is 0 Å². The smallest absolute Gasteiger partial charge is 0.254 e. The molecule has 2 aromatic carbocycles.